The summed E-state index contributed by atoms with van der Waals surface area (Å²) < 4.78 is 13.2. The van der Waals surface area contributed by atoms with Crippen molar-refractivity contribution in [1.29, 1.82) is 0 Å². The molecule has 2 N–H and O–H groups in total. The lowest BCUT2D eigenvalue weighted by atomic mass is 10.1. The topological polar surface area (TPSA) is 66.4 Å². The molecule has 1 aromatic heterocycles. The zero-order valence-electron chi connectivity index (χ0n) is 10.9. The standard InChI is InChI=1S/C14H12FNO3S/c1-7-5-11(8(2)20-7)13(17)16-12-6-9(15)3-4-10(12)14(18)19/h3-6H,1-2H3,(H,16,17)(H,18,19). The minimum Gasteiger partial charge on any atom is -0.478 e. The van der Waals surface area contributed by atoms with E-state index in [1.54, 1.807) is 13.0 Å². The Morgan fingerprint density at radius 3 is 2.45 bits per heavy atom. The summed E-state index contributed by atoms with van der Waals surface area (Å²) in [6.07, 6.45) is 0. The Kier molecular flexibility index (Phi) is 3.85. The van der Waals surface area contributed by atoms with Gasteiger partial charge in [-0.25, -0.2) is 9.18 Å². The van der Waals surface area contributed by atoms with E-state index >= 15 is 0 Å². The Labute approximate surface area is 118 Å². The fraction of sp³-hybridized carbons (Fsp3) is 0.143. The molecule has 1 aromatic carbocycles. The van der Waals surface area contributed by atoms with E-state index in [-0.39, 0.29) is 11.3 Å². The summed E-state index contributed by atoms with van der Waals surface area (Å²) in [5.41, 5.74) is 0.267. The van der Waals surface area contributed by atoms with Crippen LogP contribution >= 0.6 is 11.3 Å². The number of amides is 1. The van der Waals surface area contributed by atoms with Gasteiger partial charge < -0.3 is 10.4 Å². The molecule has 0 fully saturated rings. The quantitative estimate of drug-likeness (QED) is 0.910. The summed E-state index contributed by atoms with van der Waals surface area (Å²) >= 11 is 1.47. The molecular weight excluding hydrogens is 281 g/mol. The SMILES string of the molecule is Cc1cc(C(=O)Nc2cc(F)ccc2C(=O)O)c(C)s1. The first-order chi connectivity index (χ1) is 9.38. The number of aryl methyl sites for hydroxylation is 2. The molecule has 2 rings (SSSR count). The minimum absolute atomic E-state index is 0.0502. The molecule has 6 heteroatoms. The molecule has 4 nitrogen and oxygen atoms in total. The van der Waals surface area contributed by atoms with Crippen LogP contribution in [0.15, 0.2) is 24.3 Å². The molecule has 0 aliphatic heterocycles. The van der Waals surface area contributed by atoms with E-state index in [0.717, 1.165) is 28.0 Å². The fourth-order valence-electron chi connectivity index (χ4n) is 1.85. The van der Waals surface area contributed by atoms with E-state index in [4.69, 9.17) is 5.11 Å². The van der Waals surface area contributed by atoms with Crippen molar-refractivity contribution in [2.24, 2.45) is 0 Å². The number of carbonyl (C=O) groups is 2. The van der Waals surface area contributed by atoms with Crippen LogP contribution in [0.5, 0.6) is 0 Å². The second kappa shape index (κ2) is 5.42. The third kappa shape index (κ3) is 2.85. The third-order valence-electron chi connectivity index (χ3n) is 2.75. The molecular formula is C14H12FNO3S. The summed E-state index contributed by atoms with van der Waals surface area (Å²) in [4.78, 5) is 25.0. The first-order valence-electron chi connectivity index (χ1n) is 5.79. The highest BCUT2D eigenvalue weighted by Crippen LogP contribution is 2.23. The van der Waals surface area contributed by atoms with Gasteiger partial charge >= 0.3 is 5.97 Å². The number of carboxylic acids is 1. The van der Waals surface area contributed by atoms with Crippen molar-refractivity contribution < 1.29 is 19.1 Å². The number of hydrogen-bond donors (Lipinski definition) is 2. The third-order valence-corrected chi connectivity index (χ3v) is 3.71. The Balaban J connectivity index is 2.34. The van der Waals surface area contributed by atoms with Crippen molar-refractivity contribution in [3.05, 3.63) is 51.0 Å². The highest BCUT2D eigenvalue weighted by molar-refractivity contribution is 7.12. The molecule has 0 bridgehead atoms. The van der Waals surface area contributed by atoms with Gasteiger partial charge in [-0.1, -0.05) is 0 Å². The number of carboxylic acid groups (broad SMARTS) is 1. The molecule has 0 spiro atoms. The van der Waals surface area contributed by atoms with Crippen LogP contribution in [0.1, 0.15) is 30.5 Å². The van der Waals surface area contributed by atoms with Crippen molar-refractivity contribution in [2.45, 2.75) is 13.8 Å². The molecule has 0 aliphatic carbocycles. The van der Waals surface area contributed by atoms with Crippen LogP contribution in [-0.2, 0) is 0 Å². The van der Waals surface area contributed by atoms with Crippen molar-refractivity contribution in [2.75, 3.05) is 5.32 Å². The molecule has 0 aliphatic rings. The lowest BCUT2D eigenvalue weighted by Crippen LogP contribution is -2.15. The van der Waals surface area contributed by atoms with Gasteiger partial charge in [-0.3, -0.25) is 4.79 Å². The smallest absolute Gasteiger partial charge is 0.337 e. The monoisotopic (exact) mass is 293 g/mol. The van der Waals surface area contributed by atoms with Crippen LogP contribution in [0.25, 0.3) is 0 Å². The Bertz CT molecular complexity index is 694. The van der Waals surface area contributed by atoms with Crippen LogP contribution in [0.4, 0.5) is 10.1 Å². The van der Waals surface area contributed by atoms with Crippen molar-refractivity contribution in [3.63, 3.8) is 0 Å². The van der Waals surface area contributed by atoms with E-state index < -0.39 is 17.7 Å². The van der Waals surface area contributed by atoms with Crippen LogP contribution in [-0.4, -0.2) is 17.0 Å². The molecule has 2 aromatic rings. The van der Waals surface area contributed by atoms with Crippen molar-refractivity contribution >= 4 is 28.9 Å². The van der Waals surface area contributed by atoms with Crippen LogP contribution in [0.2, 0.25) is 0 Å². The largest absolute Gasteiger partial charge is 0.478 e. The number of aromatic carboxylic acids is 1. The highest BCUT2D eigenvalue weighted by Gasteiger charge is 2.16. The van der Waals surface area contributed by atoms with Crippen LogP contribution in [0, 0.1) is 19.7 Å². The lowest BCUT2D eigenvalue weighted by Gasteiger charge is -2.08. The molecule has 1 heterocycles. The molecule has 0 radical (unpaired) electrons. The van der Waals surface area contributed by atoms with Gasteiger partial charge in [0.05, 0.1) is 16.8 Å². The maximum absolute atomic E-state index is 13.2. The molecule has 0 atom stereocenters. The molecule has 0 unspecified atom stereocenters. The highest BCUT2D eigenvalue weighted by atomic mass is 32.1. The number of nitrogens with one attached hydrogen (secondary N) is 1. The zero-order chi connectivity index (χ0) is 14.9. The van der Waals surface area contributed by atoms with Crippen molar-refractivity contribution in [3.8, 4) is 0 Å². The van der Waals surface area contributed by atoms with Gasteiger partial charge in [0.1, 0.15) is 5.82 Å². The normalized spacial score (nSPS) is 10.3. The predicted octanol–water partition coefficient (Wildman–Crippen LogP) is 3.45. The van der Waals surface area contributed by atoms with Gasteiger partial charge in [-0.15, -0.1) is 11.3 Å². The number of thiophene rings is 1. The second-order valence-corrected chi connectivity index (χ2v) is 5.74. The Morgan fingerprint density at radius 1 is 1.20 bits per heavy atom. The summed E-state index contributed by atoms with van der Waals surface area (Å²) in [5.74, 6) is -2.28. The molecule has 104 valence electrons. The number of carbonyl (C=O) groups excluding carboxylic acids is 1. The van der Waals surface area contributed by atoms with Crippen LogP contribution in [0.3, 0.4) is 0 Å². The summed E-state index contributed by atoms with van der Waals surface area (Å²) in [6, 6.07) is 4.88. The fourth-order valence-corrected chi connectivity index (χ4v) is 2.77. The number of rotatable bonds is 3. The number of benzene rings is 1. The first kappa shape index (κ1) is 14.2. The van der Waals surface area contributed by atoms with E-state index in [1.807, 2.05) is 6.92 Å². The lowest BCUT2D eigenvalue weighted by molar-refractivity contribution is 0.0698. The van der Waals surface area contributed by atoms with Gasteiger partial charge in [0.15, 0.2) is 0 Å². The van der Waals surface area contributed by atoms with Crippen molar-refractivity contribution in [1.82, 2.24) is 0 Å². The van der Waals surface area contributed by atoms with E-state index in [9.17, 15) is 14.0 Å². The predicted molar refractivity (Wildman–Crippen MR) is 75.1 cm³/mol. The average Bonchev–Trinajstić information content (AvgIpc) is 2.68. The first-order valence-corrected chi connectivity index (χ1v) is 6.61. The van der Waals surface area contributed by atoms with E-state index in [0.29, 0.717) is 5.56 Å². The summed E-state index contributed by atoms with van der Waals surface area (Å²) in [5, 5.41) is 11.5. The molecule has 1 amide bonds. The minimum atomic E-state index is -1.22. The summed E-state index contributed by atoms with van der Waals surface area (Å²) in [6.45, 7) is 3.68. The average molecular weight is 293 g/mol. The van der Waals surface area contributed by atoms with Gasteiger partial charge in [-0.05, 0) is 38.1 Å². The van der Waals surface area contributed by atoms with Gasteiger partial charge in [0.25, 0.3) is 5.91 Å². The maximum Gasteiger partial charge on any atom is 0.337 e. The zero-order valence-corrected chi connectivity index (χ0v) is 11.7. The number of halogens is 1. The molecule has 20 heavy (non-hydrogen) atoms. The Morgan fingerprint density at radius 2 is 1.90 bits per heavy atom. The second-order valence-electron chi connectivity index (χ2n) is 4.28. The maximum atomic E-state index is 13.2. The van der Waals surface area contributed by atoms with Gasteiger partial charge in [0.2, 0.25) is 0 Å². The van der Waals surface area contributed by atoms with Gasteiger partial charge in [0, 0.05) is 9.75 Å². The number of hydrogen-bond acceptors (Lipinski definition) is 3. The Hall–Kier alpha value is -2.21. The molecule has 0 saturated heterocycles. The van der Waals surface area contributed by atoms with E-state index in [1.165, 1.54) is 11.3 Å². The number of anilines is 1. The van der Waals surface area contributed by atoms with Crippen LogP contribution < -0.4 is 5.32 Å². The van der Waals surface area contributed by atoms with Gasteiger partial charge in [-0.2, -0.15) is 0 Å². The summed E-state index contributed by atoms with van der Waals surface area (Å²) in [7, 11) is 0. The van der Waals surface area contributed by atoms with E-state index in [2.05, 4.69) is 5.32 Å². The molecule has 0 saturated carbocycles.